The molecule has 16 rings (SSSR count). The molecule has 4 aromatic carbocycles. The first-order valence-electron chi connectivity index (χ1n) is 49.1. The molecule has 34 nitrogen and oxygen atoms in total. The molecule has 5 saturated carbocycles. The van der Waals surface area contributed by atoms with E-state index in [2.05, 4.69) is 97.2 Å². The van der Waals surface area contributed by atoms with Crippen LogP contribution in [-0.2, 0) is 6.18 Å². The van der Waals surface area contributed by atoms with Crippen molar-refractivity contribution in [1.29, 1.82) is 0 Å². The fourth-order valence-electron chi connectivity index (χ4n) is 17.8. The number of benzene rings is 4. The number of H-pyrrole nitrogens is 1. The summed E-state index contributed by atoms with van der Waals surface area (Å²) in [4.78, 5) is 74.6. The van der Waals surface area contributed by atoms with Gasteiger partial charge in [-0.15, -0.1) is 0 Å². The predicted molar refractivity (Wildman–Crippen MR) is 543 cm³/mol. The number of aromatic nitrogens is 14. The van der Waals surface area contributed by atoms with Gasteiger partial charge >= 0.3 is 6.18 Å². The van der Waals surface area contributed by atoms with Gasteiger partial charge in [-0.2, -0.15) is 13.2 Å². The van der Waals surface area contributed by atoms with Crippen LogP contribution in [0.15, 0.2) is 159 Å². The first kappa shape index (κ1) is 105. The van der Waals surface area contributed by atoms with Crippen molar-refractivity contribution in [1.82, 2.24) is 91.0 Å². The molecule has 4 unspecified atom stereocenters. The van der Waals surface area contributed by atoms with Gasteiger partial charge < -0.3 is 105 Å². The Labute approximate surface area is 819 Å². The lowest BCUT2D eigenvalue weighted by Crippen LogP contribution is -2.39. The summed E-state index contributed by atoms with van der Waals surface area (Å²) in [6.45, 7) is 4.46. The number of aryl methyl sites for hydroxylation is 1. The number of rotatable bonds is 39. The second-order valence-electron chi connectivity index (χ2n) is 36.8. The minimum atomic E-state index is -4.62. The van der Waals surface area contributed by atoms with Gasteiger partial charge in [-0.25, -0.2) is 64.8 Å². The average molecular weight is 1930 g/mol. The Balaban J connectivity index is 0.000000158. The molecule has 752 valence electrons. The maximum atomic E-state index is 13.0. The zero-order valence-electron chi connectivity index (χ0n) is 82.5. The van der Waals surface area contributed by atoms with Gasteiger partial charge in [0.15, 0.2) is 23.3 Å². The van der Waals surface area contributed by atoms with E-state index < -0.39 is 36.4 Å². The number of anilines is 9. The Morgan fingerprint density at radius 1 is 0.393 bits per heavy atom. The molecule has 0 spiro atoms. The molecule has 5 aliphatic carbocycles. The molecule has 11 aromatic rings. The first-order valence-corrected chi connectivity index (χ1v) is 49.1. The molecular weight excluding hydrogens is 1790 g/mol. The maximum Gasteiger partial charge on any atom is 0.451 e. The van der Waals surface area contributed by atoms with E-state index >= 15 is 0 Å². The Morgan fingerprint density at radius 2 is 0.707 bits per heavy atom. The second-order valence-corrected chi connectivity index (χ2v) is 36.8. The fourth-order valence-corrected chi connectivity index (χ4v) is 17.8. The standard InChI is InChI=1S/C27H34F3N7O2.C27H37N7O2.C25H37N5O3.C24H32N6O2/c1-31-16-21(38)17-39-22-11-7-8-18(12-22)25-34-23(36(2)19-9-5-4-6-10-19)13-24(35-25)37(3)20-14-32-26(33-15-20)27(28,29)30;1-19-29-15-22(16-30-19)34(4)26-14-25(33(3)21-10-6-5-7-11-21)31-27(32-26)20-9-8-12-24(13-20)36-18-23(35)17-28-2;1-26-15-21(32)16-33-22-10-6-7-17(11-22)25-28-23(27-18-12-20(31)13-18)14-24(29-25)30(2)19-8-4-3-5-9-19;1-25-13-19(31)15-32-20-10-6-7-17(11-20)24-28-21(22-14-26-16-27-22)12-23(29-24)30(2)18-8-4-3-5-9-18/h7-8,11-15,19,21,31,38H,4-6,9-10,16-17H2,1-3H3;8-9,12-16,21,23,28,35H,5-7,10-11,17-18H2,1-4H3;6-7,10-11,14,18-21,26,31-32H,3-5,8-9,12-13,15-16H2,1-2H3,(H,27,28,29);6-7,10-12,14,16,18-19,25,31H,3-5,8-9,13,15H2,1-2H3,(H,26,27). The van der Waals surface area contributed by atoms with Crippen LogP contribution in [0.3, 0.4) is 0 Å². The molecule has 0 aliphatic heterocycles. The number of imidazole rings is 1. The molecule has 4 atom stereocenters. The van der Waals surface area contributed by atoms with Crippen molar-refractivity contribution in [2.75, 3.05) is 158 Å². The summed E-state index contributed by atoms with van der Waals surface area (Å²) in [6.07, 6.45) is 27.8. The molecule has 5 aliphatic rings. The quantitative estimate of drug-likeness (QED) is 0.0170. The van der Waals surface area contributed by atoms with Crippen LogP contribution in [0.5, 0.6) is 23.0 Å². The number of halogens is 3. The van der Waals surface area contributed by atoms with Crippen LogP contribution in [0.2, 0.25) is 0 Å². The lowest BCUT2D eigenvalue weighted by molar-refractivity contribution is -0.145. The van der Waals surface area contributed by atoms with Crippen molar-refractivity contribution in [3.8, 4) is 79.9 Å². The summed E-state index contributed by atoms with van der Waals surface area (Å²) in [5.41, 5.74) is 6.16. The minimum Gasteiger partial charge on any atom is -0.491 e. The van der Waals surface area contributed by atoms with E-state index in [-0.39, 0.29) is 38.6 Å². The third kappa shape index (κ3) is 30.7. The van der Waals surface area contributed by atoms with Crippen molar-refractivity contribution in [3.63, 3.8) is 0 Å². The summed E-state index contributed by atoms with van der Waals surface area (Å²) in [5, 5.41) is 64.8. The zero-order chi connectivity index (χ0) is 99.0. The highest BCUT2D eigenvalue weighted by atomic mass is 19.4. The summed E-state index contributed by atoms with van der Waals surface area (Å²) in [5.74, 6) is 9.87. The summed E-state index contributed by atoms with van der Waals surface area (Å²) in [7, 11) is 19.2. The SMILES string of the molecule is CNCC(O)COc1cccc(-c2nc(-c3cnc[nH]3)cc(N(C)C3CCCCC3)n2)c1.CNCC(O)COc1cccc(-c2nc(N(C)c3cnc(C(F)(F)F)nc3)cc(N(C)C3CCCCC3)n2)c1.CNCC(O)COc1cccc(-c2nc(N(C)c3cnc(C)nc3)cc(N(C)C3CCCCC3)n2)c1.CNCC(O)COc1cccc(-c2nc(NC3CC(O)C3)cc(N(C)C3CCCCC3)n2)c1. The van der Waals surface area contributed by atoms with E-state index in [9.17, 15) is 38.7 Å². The van der Waals surface area contributed by atoms with Crippen LogP contribution >= 0.6 is 0 Å². The summed E-state index contributed by atoms with van der Waals surface area (Å²) in [6, 6.07) is 40.3. The van der Waals surface area contributed by atoms with Crippen LogP contribution in [0, 0.1) is 6.92 Å². The number of ether oxygens (including phenoxy) is 4. The van der Waals surface area contributed by atoms with Gasteiger partial charge in [0.25, 0.3) is 0 Å². The van der Waals surface area contributed by atoms with E-state index in [1.807, 2.05) is 135 Å². The van der Waals surface area contributed by atoms with Crippen molar-refractivity contribution in [2.24, 2.45) is 0 Å². The average Bonchev–Trinajstić information content (AvgIpc) is 0.951. The van der Waals surface area contributed by atoms with E-state index in [1.165, 1.54) is 103 Å². The zero-order valence-corrected chi connectivity index (χ0v) is 82.5. The normalized spacial score (nSPS) is 16.7. The Morgan fingerprint density at radius 3 is 1.03 bits per heavy atom. The highest BCUT2D eigenvalue weighted by molar-refractivity contribution is 5.71. The number of nitrogens with zero attached hydrogens (tertiary/aromatic N) is 19. The molecule has 37 heteroatoms. The molecule has 5 fully saturated rings. The highest BCUT2D eigenvalue weighted by Gasteiger charge is 2.36. The number of aromatic amines is 1. The third-order valence-corrected chi connectivity index (χ3v) is 26.0. The summed E-state index contributed by atoms with van der Waals surface area (Å²) < 4.78 is 62.1. The molecule has 7 heterocycles. The van der Waals surface area contributed by atoms with E-state index in [0.29, 0.717) is 120 Å². The number of hydrogen-bond donors (Lipinski definition) is 11. The van der Waals surface area contributed by atoms with Crippen LogP contribution in [0.25, 0.3) is 56.9 Å². The van der Waals surface area contributed by atoms with Gasteiger partial charge in [-0.3, -0.25) is 0 Å². The molecule has 0 saturated heterocycles. The van der Waals surface area contributed by atoms with Crippen LogP contribution in [-0.4, -0.2) is 279 Å². The number of aliphatic hydroxyl groups is 5. The second kappa shape index (κ2) is 52.3. The van der Waals surface area contributed by atoms with Crippen molar-refractivity contribution < 1.29 is 57.7 Å². The Bertz CT molecular complexity index is 5580. The van der Waals surface area contributed by atoms with E-state index in [0.717, 1.165) is 120 Å². The van der Waals surface area contributed by atoms with Gasteiger partial charge in [-0.1, -0.05) is 126 Å². The van der Waals surface area contributed by atoms with Gasteiger partial charge in [-0.05, 0) is 148 Å². The van der Waals surface area contributed by atoms with Crippen molar-refractivity contribution >= 4 is 52.1 Å². The van der Waals surface area contributed by atoms with Gasteiger partial charge in [0.05, 0.1) is 66.2 Å². The molecule has 0 amide bonds. The number of aliphatic hydroxyl groups excluding tert-OH is 5. The number of likely N-dealkylation sites (N-methyl/N-ethyl adjacent to an activating group) is 4. The minimum absolute atomic E-state index is 0.123. The van der Waals surface area contributed by atoms with Crippen LogP contribution in [0.1, 0.15) is 153 Å². The smallest absolute Gasteiger partial charge is 0.451 e. The molecule has 140 heavy (non-hydrogen) atoms. The molecule has 0 bridgehead atoms. The molecular formula is C103H140F3N25O9. The first-order chi connectivity index (χ1) is 67.7. The van der Waals surface area contributed by atoms with Crippen LogP contribution in [0.4, 0.5) is 65.3 Å². The largest absolute Gasteiger partial charge is 0.491 e. The lowest BCUT2D eigenvalue weighted by atomic mass is 9.89. The summed E-state index contributed by atoms with van der Waals surface area (Å²) >= 11 is 0. The lowest BCUT2D eigenvalue weighted by Gasteiger charge is -2.34. The van der Waals surface area contributed by atoms with Crippen LogP contribution < -0.4 is 74.9 Å². The molecule has 0 radical (unpaired) electrons. The Hall–Kier alpha value is -12.2. The van der Waals surface area contributed by atoms with Gasteiger partial charge in [0.2, 0.25) is 5.82 Å². The highest BCUT2D eigenvalue weighted by Crippen LogP contribution is 2.39. The predicted octanol–water partition coefficient (Wildman–Crippen LogP) is 14.3. The monoisotopic (exact) mass is 1930 g/mol. The number of hydrogen-bond acceptors (Lipinski definition) is 33. The number of nitrogens with one attached hydrogen (secondary N) is 6. The third-order valence-electron chi connectivity index (χ3n) is 26.0. The number of alkyl halides is 3. The van der Waals surface area contributed by atoms with E-state index in [1.54, 1.807) is 77.2 Å². The van der Waals surface area contributed by atoms with Gasteiger partial charge in [0.1, 0.15) is 120 Å². The van der Waals surface area contributed by atoms with Crippen molar-refractivity contribution in [2.45, 2.75) is 215 Å². The molecule has 7 aromatic heterocycles. The topological polar surface area (TPSA) is 401 Å². The van der Waals surface area contributed by atoms with Gasteiger partial charge in [0, 0.05) is 145 Å². The maximum absolute atomic E-state index is 13.0. The molecule has 11 N–H and O–H groups in total. The van der Waals surface area contributed by atoms with Crippen molar-refractivity contribution in [3.05, 3.63) is 170 Å². The Kier molecular flexibility index (Phi) is 39.3. The van der Waals surface area contributed by atoms with E-state index in [4.69, 9.17) is 58.8 Å². The fraction of sp³-hybridized carbons (Fsp3) is 0.505.